The van der Waals surface area contributed by atoms with Crippen LogP contribution in [0.4, 0.5) is 0 Å². The maximum atomic E-state index is 10.7. The van der Waals surface area contributed by atoms with Gasteiger partial charge in [0.15, 0.2) is 4.93 Å². The third kappa shape index (κ3) is 3.16. The molecule has 1 N–H and O–H groups in total. The summed E-state index contributed by atoms with van der Waals surface area (Å²) in [5.41, 5.74) is 0. The van der Waals surface area contributed by atoms with Crippen LogP contribution in [0, 0.1) is 0 Å². The molecule has 0 aromatic carbocycles. The van der Waals surface area contributed by atoms with Crippen molar-refractivity contribution in [2.45, 2.75) is 36.7 Å². The van der Waals surface area contributed by atoms with E-state index in [-0.39, 0.29) is 48.5 Å². The van der Waals surface area contributed by atoms with Gasteiger partial charge >= 0.3 is 29.6 Å². The van der Waals surface area contributed by atoms with Crippen LogP contribution >= 0.6 is 0 Å². The molecule has 0 atom stereocenters. The second-order valence-corrected chi connectivity index (χ2v) is 5.00. The molecule has 0 heterocycles. The van der Waals surface area contributed by atoms with Crippen molar-refractivity contribution in [1.29, 1.82) is 0 Å². The van der Waals surface area contributed by atoms with Gasteiger partial charge in [0.25, 0.3) is 0 Å². The molecule has 14 heavy (non-hydrogen) atoms. The molecule has 1 fully saturated rings. The second kappa shape index (κ2) is 5.25. The topological polar surface area (TPSA) is 86.7 Å². The van der Waals surface area contributed by atoms with E-state index in [0.29, 0.717) is 12.8 Å². The smallest absolute Gasteiger partial charge is 0.746 e. The number of rotatable bonds is 2. The summed E-state index contributed by atoms with van der Waals surface area (Å²) in [5.74, 6) is 0. The van der Waals surface area contributed by atoms with Gasteiger partial charge in [-0.05, 0) is 25.7 Å². The summed E-state index contributed by atoms with van der Waals surface area (Å²) >= 11 is 0. The average molecular weight is 232 g/mol. The maximum Gasteiger partial charge on any atom is 1.00 e. The molecule has 0 aromatic heterocycles. The summed E-state index contributed by atoms with van der Waals surface area (Å²) < 4.78 is 37.0. The Morgan fingerprint density at radius 1 is 1.43 bits per heavy atom. The summed E-state index contributed by atoms with van der Waals surface area (Å²) in [6.45, 7) is 0. The number of hydrogen-bond donors (Lipinski definition) is 1. The molecule has 0 radical (unpaired) electrons. The fourth-order valence-electron chi connectivity index (χ4n) is 1.53. The van der Waals surface area contributed by atoms with Crippen LogP contribution in [0.2, 0.25) is 0 Å². The molecule has 1 aliphatic carbocycles. The minimum absolute atomic E-state index is 0. The fraction of sp³-hybridized carbons (Fsp3) is 1.00. The summed E-state index contributed by atoms with van der Waals surface area (Å²) in [4.78, 5) is -2.07. The van der Waals surface area contributed by atoms with Gasteiger partial charge in [-0.15, -0.1) is 0 Å². The summed E-state index contributed by atoms with van der Waals surface area (Å²) in [5, 5.41) is 9.47. The molecular formula is C7H13NaO5S. The molecule has 1 rings (SSSR count). The predicted octanol–water partition coefficient (Wildman–Crippen LogP) is -3.19. The Morgan fingerprint density at radius 3 is 2.14 bits per heavy atom. The first-order valence-corrected chi connectivity index (χ1v) is 5.50. The van der Waals surface area contributed by atoms with Crippen LogP contribution in [0.25, 0.3) is 0 Å². The number of ether oxygens (including phenoxy) is 1. The molecule has 0 aromatic rings. The van der Waals surface area contributed by atoms with E-state index in [1.165, 1.54) is 7.11 Å². The Balaban J connectivity index is 0.00000169. The van der Waals surface area contributed by atoms with Crippen LogP contribution < -0.4 is 29.6 Å². The third-order valence-electron chi connectivity index (χ3n) is 2.51. The van der Waals surface area contributed by atoms with Crippen molar-refractivity contribution in [3.8, 4) is 0 Å². The van der Waals surface area contributed by atoms with E-state index in [4.69, 9.17) is 4.74 Å². The van der Waals surface area contributed by atoms with Gasteiger partial charge in [-0.1, -0.05) is 0 Å². The van der Waals surface area contributed by atoms with E-state index >= 15 is 0 Å². The normalized spacial score (nSPS) is 33.5. The monoisotopic (exact) mass is 232 g/mol. The van der Waals surface area contributed by atoms with E-state index in [0.717, 1.165) is 0 Å². The Hall–Kier alpha value is 0.830. The SMILES string of the molecule is COC1CCC(O)(S(=O)(=O)[O-])CC1.[Na+]. The van der Waals surface area contributed by atoms with Gasteiger partial charge in [0.2, 0.25) is 0 Å². The molecule has 1 aliphatic rings. The van der Waals surface area contributed by atoms with Crippen molar-refractivity contribution < 1.29 is 52.4 Å². The Morgan fingerprint density at radius 2 is 1.86 bits per heavy atom. The Labute approximate surface area is 106 Å². The average Bonchev–Trinajstić information content (AvgIpc) is 2.04. The standard InChI is InChI=1S/C7H14O5S.Na/c1-12-6-2-4-7(8,5-3-6)13(9,10)11;/h6,8H,2-5H2,1H3,(H,9,10,11);/q;+1/p-1. The van der Waals surface area contributed by atoms with Crippen molar-refractivity contribution in [2.24, 2.45) is 0 Å². The minimum atomic E-state index is -4.61. The van der Waals surface area contributed by atoms with Crippen molar-refractivity contribution in [1.82, 2.24) is 0 Å². The zero-order valence-electron chi connectivity index (χ0n) is 8.39. The molecule has 0 saturated heterocycles. The van der Waals surface area contributed by atoms with E-state index < -0.39 is 15.1 Å². The molecule has 78 valence electrons. The van der Waals surface area contributed by atoms with Crippen LogP contribution in [0.3, 0.4) is 0 Å². The molecule has 1 saturated carbocycles. The first-order chi connectivity index (χ1) is 5.89. The quantitative estimate of drug-likeness (QED) is 0.400. The summed E-state index contributed by atoms with van der Waals surface area (Å²) in [6.07, 6.45) is 0.722. The fourth-order valence-corrected chi connectivity index (χ4v) is 2.26. The molecule has 0 spiro atoms. The van der Waals surface area contributed by atoms with Crippen LogP contribution in [-0.2, 0) is 14.9 Å². The molecule has 5 nitrogen and oxygen atoms in total. The predicted molar refractivity (Wildman–Crippen MR) is 43.9 cm³/mol. The van der Waals surface area contributed by atoms with Crippen LogP contribution in [0.5, 0.6) is 0 Å². The van der Waals surface area contributed by atoms with E-state index in [9.17, 15) is 18.1 Å². The van der Waals surface area contributed by atoms with E-state index in [1.807, 2.05) is 0 Å². The Kier molecular flexibility index (Phi) is 5.56. The first-order valence-electron chi connectivity index (χ1n) is 4.10. The molecule has 0 bridgehead atoms. The molecule has 0 unspecified atom stereocenters. The van der Waals surface area contributed by atoms with Crippen LogP contribution in [0.15, 0.2) is 0 Å². The summed E-state index contributed by atoms with van der Waals surface area (Å²) in [7, 11) is -3.08. The largest absolute Gasteiger partial charge is 1.00 e. The van der Waals surface area contributed by atoms with Gasteiger partial charge in [-0.25, -0.2) is 8.42 Å². The molecular weight excluding hydrogens is 219 g/mol. The molecule has 0 aliphatic heterocycles. The van der Waals surface area contributed by atoms with Gasteiger partial charge in [0.05, 0.1) is 6.10 Å². The maximum absolute atomic E-state index is 10.7. The minimum Gasteiger partial charge on any atom is -0.746 e. The van der Waals surface area contributed by atoms with Gasteiger partial charge in [-0.3, -0.25) is 0 Å². The van der Waals surface area contributed by atoms with Gasteiger partial charge < -0.3 is 14.4 Å². The first kappa shape index (κ1) is 14.8. The zero-order valence-corrected chi connectivity index (χ0v) is 11.2. The van der Waals surface area contributed by atoms with Crippen molar-refractivity contribution in [3.05, 3.63) is 0 Å². The third-order valence-corrected chi connectivity index (χ3v) is 3.85. The van der Waals surface area contributed by atoms with Crippen molar-refractivity contribution >= 4 is 10.1 Å². The number of hydrogen-bond acceptors (Lipinski definition) is 5. The summed E-state index contributed by atoms with van der Waals surface area (Å²) in [6, 6.07) is 0. The van der Waals surface area contributed by atoms with E-state index in [1.54, 1.807) is 0 Å². The molecule has 7 heteroatoms. The Bertz CT molecular complexity index is 268. The molecule has 0 amide bonds. The second-order valence-electron chi connectivity index (χ2n) is 3.34. The van der Waals surface area contributed by atoms with Crippen LogP contribution in [0.1, 0.15) is 25.7 Å². The van der Waals surface area contributed by atoms with Crippen molar-refractivity contribution in [3.63, 3.8) is 0 Å². The van der Waals surface area contributed by atoms with Crippen LogP contribution in [-0.4, -0.2) is 36.2 Å². The van der Waals surface area contributed by atoms with Gasteiger partial charge in [0, 0.05) is 7.11 Å². The van der Waals surface area contributed by atoms with Gasteiger partial charge in [0.1, 0.15) is 10.1 Å². The van der Waals surface area contributed by atoms with Gasteiger partial charge in [-0.2, -0.15) is 0 Å². The van der Waals surface area contributed by atoms with E-state index in [2.05, 4.69) is 0 Å². The number of methoxy groups -OCH3 is 1. The zero-order chi connectivity index (χ0) is 10.1. The number of aliphatic hydroxyl groups is 1. The van der Waals surface area contributed by atoms with Crippen molar-refractivity contribution in [2.75, 3.05) is 7.11 Å².